The van der Waals surface area contributed by atoms with Gasteiger partial charge in [-0.1, -0.05) is 0 Å². The molecule has 1 aromatic carbocycles. The molecule has 0 saturated carbocycles. The standard InChI is InChI=1S/C19H31FN4OS/c1-5-21-17(25)19(3,4)14-24-18(22-6-2)23-12-7-13-26-16-10-8-15(20)9-11-16/h8-11H,5-7,12-14H2,1-4H3,(H,21,25)(H2,22,23,24). The molecular formula is C19H31FN4OS. The Kier molecular flexibility index (Phi) is 10.1. The van der Waals surface area contributed by atoms with Crippen LogP contribution in [-0.2, 0) is 4.79 Å². The van der Waals surface area contributed by atoms with Crippen LogP contribution in [0, 0.1) is 11.2 Å². The molecule has 1 aromatic rings. The summed E-state index contributed by atoms with van der Waals surface area (Å²) >= 11 is 1.70. The Labute approximate surface area is 160 Å². The van der Waals surface area contributed by atoms with Gasteiger partial charge in [-0.3, -0.25) is 9.79 Å². The fourth-order valence-corrected chi connectivity index (χ4v) is 2.94. The molecule has 0 heterocycles. The zero-order valence-electron chi connectivity index (χ0n) is 16.2. The molecule has 0 aliphatic heterocycles. The maximum Gasteiger partial charge on any atom is 0.227 e. The molecule has 0 bridgehead atoms. The molecule has 0 unspecified atom stereocenters. The minimum atomic E-state index is -0.545. The highest BCUT2D eigenvalue weighted by atomic mass is 32.2. The topological polar surface area (TPSA) is 65.5 Å². The number of nitrogens with one attached hydrogen (secondary N) is 3. The zero-order valence-corrected chi connectivity index (χ0v) is 17.0. The average Bonchev–Trinajstić information content (AvgIpc) is 2.61. The first-order valence-corrected chi connectivity index (χ1v) is 10.1. The highest BCUT2D eigenvalue weighted by molar-refractivity contribution is 7.99. The normalized spacial score (nSPS) is 12.0. The summed E-state index contributed by atoms with van der Waals surface area (Å²) in [6.07, 6.45) is 0.951. The fraction of sp³-hybridized carbons (Fsp3) is 0.579. The number of benzene rings is 1. The van der Waals surface area contributed by atoms with E-state index in [1.807, 2.05) is 27.7 Å². The van der Waals surface area contributed by atoms with E-state index in [4.69, 9.17) is 0 Å². The molecule has 0 spiro atoms. The van der Waals surface area contributed by atoms with Gasteiger partial charge in [0.25, 0.3) is 0 Å². The number of amides is 1. The lowest BCUT2D eigenvalue weighted by molar-refractivity contribution is -0.128. The van der Waals surface area contributed by atoms with Gasteiger partial charge >= 0.3 is 0 Å². The van der Waals surface area contributed by atoms with Crippen LogP contribution >= 0.6 is 11.8 Å². The number of hydrogen-bond donors (Lipinski definition) is 3. The lowest BCUT2D eigenvalue weighted by Gasteiger charge is -2.22. The van der Waals surface area contributed by atoms with E-state index in [9.17, 15) is 9.18 Å². The summed E-state index contributed by atoms with van der Waals surface area (Å²) in [5, 5.41) is 9.34. The average molecular weight is 383 g/mol. The third-order valence-corrected chi connectivity index (χ3v) is 4.72. The second-order valence-electron chi connectivity index (χ2n) is 6.52. The van der Waals surface area contributed by atoms with E-state index >= 15 is 0 Å². The summed E-state index contributed by atoms with van der Waals surface area (Å²) in [5.41, 5.74) is -0.545. The summed E-state index contributed by atoms with van der Waals surface area (Å²) < 4.78 is 12.9. The molecule has 5 nitrogen and oxygen atoms in total. The van der Waals surface area contributed by atoms with E-state index in [1.54, 1.807) is 23.9 Å². The molecule has 0 radical (unpaired) electrons. The van der Waals surface area contributed by atoms with Gasteiger partial charge in [0.15, 0.2) is 5.96 Å². The minimum absolute atomic E-state index is 0.00953. The monoisotopic (exact) mass is 382 g/mol. The van der Waals surface area contributed by atoms with E-state index in [2.05, 4.69) is 20.9 Å². The number of guanidine groups is 1. The molecule has 7 heteroatoms. The van der Waals surface area contributed by atoms with Gasteiger partial charge in [-0.15, -0.1) is 11.8 Å². The number of nitrogens with zero attached hydrogens (tertiary/aromatic N) is 1. The van der Waals surface area contributed by atoms with E-state index in [0.29, 0.717) is 13.1 Å². The molecule has 0 aliphatic rings. The van der Waals surface area contributed by atoms with Crippen molar-refractivity contribution in [2.24, 2.45) is 10.4 Å². The Bertz CT molecular complexity index is 575. The van der Waals surface area contributed by atoms with Crippen molar-refractivity contribution >= 4 is 23.6 Å². The van der Waals surface area contributed by atoms with E-state index in [0.717, 1.165) is 36.1 Å². The maximum atomic E-state index is 12.9. The van der Waals surface area contributed by atoms with E-state index < -0.39 is 5.41 Å². The zero-order chi connectivity index (χ0) is 19.4. The van der Waals surface area contributed by atoms with Crippen LogP contribution in [-0.4, -0.2) is 43.8 Å². The number of carbonyl (C=O) groups is 1. The van der Waals surface area contributed by atoms with Crippen LogP contribution in [0.1, 0.15) is 34.1 Å². The van der Waals surface area contributed by atoms with Gasteiger partial charge in [0.05, 0.1) is 12.0 Å². The van der Waals surface area contributed by atoms with E-state index in [-0.39, 0.29) is 11.7 Å². The minimum Gasteiger partial charge on any atom is -0.357 e. The first-order valence-electron chi connectivity index (χ1n) is 9.08. The molecule has 26 heavy (non-hydrogen) atoms. The van der Waals surface area contributed by atoms with Crippen LogP contribution in [0.4, 0.5) is 4.39 Å². The van der Waals surface area contributed by atoms with Gasteiger partial charge in [-0.2, -0.15) is 0 Å². The Hall–Kier alpha value is -1.76. The smallest absolute Gasteiger partial charge is 0.227 e. The van der Waals surface area contributed by atoms with Crippen molar-refractivity contribution in [2.75, 3.05) is 31.9 Å². The first kappa shape index (κ1) is 22.3. The van der Waals surface area contributed by atoms with Crippen molar-refractivity contribution in [3.05, 3.63) is 30.1 Å². The van der Waals surface area contributed by atoms with Crippen LogP contribution in [0.2, 0.25) is 0 Å². The van der Waals surface area contributed by atoms with Crippen molar-refractivity contribution < 1.29 is 9.18 Å². The lowest BCUT2D eigenvalue weighted by Crippen LogP contribution is -2.42. The number of carbonyl (C=O) groups excluding carboxylic acids is 1. The molecule has 0 saturated heterocycles. The van der Waals surface area contributed by atoms with E-state index in [1.165, 1.54) is 12.1 Å². The second-order valence-corrected chi connectivity index (χ2v) is 7.69. The van der Waals surface area contributed by atoms with Gasteiger partial charge in [0.2, 0.25) is 5.91 Å². The van der Waals surface area contributed by atoms with Gasteiger partial charge in [-0.05, 0) is 64.1 Å². The summed E-state index contributed by atoms with van der Waals surface area (Å²) in [5.74, 6) is 1.45. The maximum absolute atomic E-state index is 12.9. The Morgan fingerprint density at radius 3 is 2.38 bits per heavy atom. The molecule has 0 atom stereocenters. The highest BCUT2D eigenvalue weighted by Crippen LogP contribution is 2.18. The molecule has 0 aromatic heterocycles. The van der Waals surface area contributed by atoms with Gasteiger partial charge < -0.3 is 16.0 Å². The van der Waals surface area contributed by atoms with Crippen LogP contribution in [0.25, 0.3) is 0 Å². The number of rotatable bonds is 10. The first-order chi connectivity index (χ1) is 12.4. The highest BCUT2D eigenvalue weighted by Gasteiger charge is 2.26. The quantitative estimate of drug-likeness (QED) is 0.252. The van der Waals surface area contributed by atoms with Crippen molar-refractivity contribution in [3.63, 3.8) is 0 Å². The summed E-state index contributed by atoms with van der Waals surface area (Å²) in [6.45, 7) is 10.3. The van der Waals surface area contributed by atoms with Crippen molar-refractivity contribution in [1.29, 1.82) is 0 Å². The predicted octanol–water partition coefficient (Wildman–Crippen LogP) is 3.03. The fourth-order valence-electron chi connectivity index (χ4n) is 2.09. The lowest BCUT2D eigenvalue weighted by atomic mass is 9.92. The SMILES string of the molecule is CCNC(=O)C(C)(C)CN=C(NCC)NCCCSc1ccc(F)cc1. The largest absolute Gasteiger partial charge is 0.357 e. The van der Waals surface area contributed by atoms with Gasteiger partial charge in [0, 0.05) is 24.5 Å². The number of halogens is 1. The third kappa shape index (κ3) is 8.56. The summed E-state index contributed by atoms with van der Waals surface area (Å²) in [4.78, 5) is 17.6. The molecule has 1 amide bonds. The molecule has 146 valence electrons. The van der Waals surface area contributed by atoms with Crippen LogP contribution in [0.5, 0.6) is 0 Å². The Morgan fingerprint density at radius 2 is 1.77 bits per heavy atom. The van der Waals surface area contributed by atoms with Crippen LogP contribution in [0.3, 0.4) is 0 Å². The van der Waals surface area contributed by atoms with Gasteiger partial charge in [-0.25, -0.2) is 4.39 Å². The van der Waals surface area contributed by atoms with Crippen LogP contribution in [0.15, 0.2) is 34.2 Å². The van der Waals surface area contributed by atoms with Crippen LogP contribution < -0.4 is 16.0 Å². The second kappa shape index (κ2) is 11.8. The Morgan fingerprint density at radius 1 is 1.12 bits per heavy atom. The molecule has 0 aliphatic carbocycles. The van der Waals surface area contributed by atoms with Gasteiger partial charge in [0.1, 0.15) is 5.82 Å². The van der Waals surface area contributed by atoms with Crippen molar-refractivity contribution in [3.8, 4) is 0 Å². The predicted molar refractivity (Wildman–Crippen MR) is 108 cm³/mol. The Balaban J connectivity index is 2.39. The molecular weight excluding hydrogens is 351 g/mol. The number of thioether (sulfide) groups is 1. The third-order valence-electron chi connectivity index (χ3n) is 3.62. The molecule has 3 N–H and O–H groups in total. The number of aliphatic imine (C=N–C) groups is 1. The number of hydrogen-bond acceptors (Lipinski definition) is 3. The molecule has 0 fully saturated rings. The van der Waals surface area contributed by atoms with Crippen molar-refractivity contribution in [2.45, 2.75) is 39.0 Å². The molecule has 1 rings (SSSR count). The summed E-state index contributed by atoms with van der Waals surface area (Å²) in [7, 11) is 0. The van der Waals surface area contributed by atoms with Crippen molar-refractivity contribution in [1.82, 2.24) is 16.0 Å². The summed E-state index contributed by atoms with van der Waals surface area (Å²) in [6, 6.07) is 6.55.